The summed E-state index contributed by atoms with van der Waals surface area (Å²) in [7, 11) is -1.97. The molecule has 0 aliphatic heterocycles. The average Bonchev–Trinajstić information content (AvgIpc) is 3.52. The Balaban J connectivity index is 1.87. The zero-order chi connectivity index (χ0) is 22.2. The molecule has 0 spiro atoms. The first kappa shape index (κ1) is 21.5. The maximum absolute atomic E-state index is 12.8. The first-order valence-electron chi connectivity index (χ1n) is 10.3. The molecule has 1 radical (unpaired) electrons. The molecule has 2 heterocycles. The molecule has 1 aromatic carbocycles. The number of pyridine rings is 1. The number of benzene rings is 1. The predicted molar refractivity (Wildman–Crippen MR) is 120 cm³/mol. The summed E-state index contributed by atoms with van der Waals surface area (Å²) in [6.07, 6.45) is 2.42. The molecule has 0 unspecified atom stereocenters. The number of fused-ring (bicyclic) bond motifs is 1. The number of rotatable bonds is 8. The summed E-state index contributed by atoms with van der Waals surface area (Å²) in [5.41, 5.74) is 3.88. The summed E-state index contributed by atoms with van der Waals surface area (Å²) < 4.78 is 33.6. The lowest BCUT2D eigenvalue weighted by atomic mass is 10.0. The molecular weight excluding hydrogens is 414 g/mol. The van der Waals surface area contributed by atoms with Crippen molar-refractivity contribution in [3.63, 3.8) is 0 Å². The third-order valence-electron chi connectivity index (χ3n) is 5.41. The van der Waals surface area contributed by atoms with Crippen molar-refractivity contribution in [1.82, 2.24) is 15.0 Å². The Labute approximate surface area is 182 Å². The molecule has 1 aliphatic carbocycles. The Kier molecular flexibility index (Phi) is 5.85. The van der Waals surface area contributed by atoms with Crippen molar-refractivity contribution in [1.29, 1.82) is 0 Å². The number of hydrogen-bond donors (Lipinski definition) is 2. The molecule has 1 fully saturated rings. The predicted octanol–water partition coefficient (Wildman–Crippen LogP) is 3.68. The fourth-order valence-electron chi connectivity index (χ4n) is 3.66. The van der Waals surface area contributed by atoms with Gasteiger partial charge in [-0.1, -0.05) is 36.8 Å². The Morgan fingerprint density at radius 2 is 1.97 bits per heavy atom. The van der Waals surface area contributed by atoms with Gasteiger partial charge in [0, 0.05) is 19.2 Å². The third-order valence-corrected chi connectivity index (χ3v) is 6.70. The molecule has 0 bridgehead atoms. The molecule has 0 saturated heterocycles. The van der Waals surface area contributed by atoms with Crippen molar-refractivity contribution < 1.29 is 17.6 Å². The number of aromatic nitrogens is 1. The van der Waals surface area contributed by atoms with Crippen molar-refractivity contribution in [3.8, 4) is 11.3 Å². The van der Waals surface area contributed by atoms with Crippen LogP contribution in [0.3, 0.4) is 0 Å². The molecule has 1 saturated carbocycles. The molecule has 2 N–H and O–H groups in total. The molecule has 3 aromatic rings. The van der Waals surface area contributed by atoms with Crippen molar-refractivity contribution in [2.24, 2.45) is 0 Å². The van der Waals surface area contributed by atoms with Crippen LogP contribution >= 0.6 is 0 Å². The second kappa shape index (κ2) is 8.43. The summed E-state index contributed by atoms with van der Waals surface area (Å²) in [5, 5.41) is 3.28. The molecular formula is C23H26N3O4S. The van der Waals surface area contributed by atoms with Gasteiger partial charge in [-0.2, -0.15) is 0 Å². The first-order chi connectivity index (χ1) is 14.8. The number of aryl methyl sites for hydroxylation is 1. The summed E-state index contributed by atoms with van der Waals surface area (Å²) in [6.45, 7) is 5.94. The van der Waals surface area contributed by atoms with Gasteiger partial charge in [-0.25, -0.2) is 18.1 Å². The van der Waals surface area contributed by atoms with Gasteiger partial charge in [0.1, 0.15) is 11.5 Å². The number of sulfonamides is 1. The number of furan rings is 1. The normalized spacial score (nSPS) is 14.2. The first-order valence-corrected chi connectivity index (χ1v) is 12.0. The van der Waals surface area contributed by atoms with Crippen molar-refractivity contribution in [3.05, 3.63) is 59.6 Å². The van der Waals surface area contributed by atoms with E-state index in [0.717, 1.165) is 29.5 Å². The SMILES string of the molecule is [CH2]CCNS(=O)(=O)Cc1nc2oc(-c3ccc(C)cc3)c(C(=O)NC)c2cc1C1CC1. The Morgan fingerprint density at radius 3 is 2.58 bits per heavy atom. The average molecular weight is 441 g/mol. The van der Waals surface area contributed by atoms with Gasteiger partial charge in [0.15, 0.2) is 0 Å². The highest BCUT2D eigenvalue weighted by Gasteiger charge is 2.31. The van der Waals surface area contributed by atoms with E-state index in [1.807, 2.05) is 37.3 Å². The highest BCUT2D eigenvalue weighted by Crippen LogP contribution is 2.44. The zero-order valence-corrected chi connectivity index (χ0v) is 18.5. The van der Waals surface area contributed by atoms with Crippen LogP contribution in [0.4, 0.5) is 0 Å². The lowest BCUT2D eigenvalue weighted by molar-refractivity contribution is 0.0964. The molecule has 1 amide bonds. The van der Waals surface area contributed by atoms with Crippen LogP contribution in [0.15, 0.2) is 34.7 Å². The van der Waals surface area contributed by atoms with Crippen molar-refractivity contribution in [2.75, 3.05) is 13.6 Å². The minimum atomic E-state index is -3.55. The minimum absolute atomic E-state index is 0.232. The number of amides is 1. The number of carbonyl (C=O) groups excluding carboxylic acids is 1. The number of nitrogens with zero attached hydrogens (tertiary/aromatic N) is 1. The Bertz CT molecular complexity index is 1230. The molecule has 2 aromatic heterocycles. The summed E-state index contributed by atoms with van der Waals surface area (Å²) in [5.74, 6) is 0.185. The molecule has 163 valence electrons. The zero-order valence-electron chi connectivity index (χ0n) is 17.7. The summed E-state index contributed by atoms with van der Waals surface area (Å²) >= 11 is 0. The smallest absolute Gasteiger partial charge is 0.255 e. The van der Waals surface area contributed by atoms with Gasteiger partial charge in [0.05, 0.1) is 16.6 Å². The Hall–Kier alpha value is -2.71. The quantitative estimate of drug-likeness (QED) is 0.556. The summed E-state index contributed by atoms with van der Waals surface area (Å²) in [4.78, 5) is 17.4. The van der Waals surface area contributed by atoms with Gasteiger partial charge in [-0.15, -0.1) is 0 Å². The lowest BCUT2D eigenvalue weighted by Gasteiger charge is -2.10. The highest BCUT2D eigenvalue weighted by atomic mass is 32.2. The van der Waals surface area contributed by atoms with Gasteiger partial charge in [-0.05, 0) is 43.7 Å². The van der Waals surface area contributed by atoms with Crippen LogP contribution in [0.25, 0.3) is 22.4 Å². The number of hydrogen-bond acceptors (Lipinski definition) is 5. The van der Waals surface area contributed by atoms with Gasteiger partial charge in [0.25, 0.3) is 5.91 Å². The molecule has 31 heavy (non-hydrogen) atoms. The van der Waals surface area contributed by atoms with Crippen LogP contribution in [-0.2, 0) is 15.8 Å². The second-order valence-electron chi connectivity index (χ2n) is 7.91. The van der Waals surface area contributed by atoms with E-state index in [-0.39, 0.29) is 29.8 Å². The third kappa shape index (κ3) is 4.50. The van der Waals surface area contributed by atoms with Gasteiger partial charge < -0.3 is 9.73 Å². The van der Waals surface area contributed by atoms with Crippen molar-refractivity contribution in [2.45, 2.75) is 37.9 Å². The van der Waals surface area contributed by atoms with Crippen LogP contribution in [0.2, 0.25) is 0 Å². The van der Waals surface area contributed by atoms with E-state index in [4.69, 9.17) is 4.42 Å². The number of nitrogens with one attached hydrogen (secondary N) is 2. The number of carbonyl (C=O) groups is 1. The topological polar surface area (TPSA) is 101 Å². The molecule has 7 nitrogen and oxygen atoms in total. The maximum Gasteiger partial charge on any atom is 0.255 e. The molecule has 0 atom stereocenters. The highest BCUT2D eigenvalue weighted by molar-refractivity contribution is 7.88. The second-order valence-corrected chi connectivity index (χ2v) is 9.72. The van der Waals surface area contributed by atoms with E-state index in [1.54, 1.807) is 7.05 Å². The fraction of sp³-hybridized carbons (Fsp3) is 0.348. The van der Waals surface area contributed by atoms with E-state index < -0.39 is 10.0 Å². The molecule has 1 aliphatic rings. The molecule has 8 heteroatoms. The van der Waals surface area contributed by atoms with Gasteiger partial charge in [-0.3, -0.25) is 4.79 Å². The van der Waals surface area contributed by atoms with Crippen molar-refractivity contribution >= 4 is 27.0 Å². The monoisotopic (exact) mass is 440 g/mol. The van der Waals surface area contributed by atoms with Crippen LogP contribution < -0.4 is 10.0 Å². The van der Waals surface area contributed by atoms with Crippen LogP contribution in [0, 0.1) is 13.8 Å². The van der Waals surface area contributed by atoms with Gasteiger partial charge >= 0.3 is 0 Å². The van der Waals surface area contributed by atoms with E-state index in [1.165, 1.54) is 0 Å². The Morgan fingerprint density at radius 1 is 1.26 bits per heavy atom. The van der Waals surface area contributed by atoms with E-state index in [2.05, 4.69) is 21.9 Å². The lowest BCUT2D eigenvalue weighted by Crippen LogP contribution is -2.26. The van der Waals surface area contributed by atoms with E-state index >= 15 is 0 Å². The van der Waals surface area contributed by atoms with Crippen LogP contribution in [-0.4, -0.2) is 32.9 Å². The maximum atomic E-state index is 12.8. The summed E-state index contributed by atoms with van der Waals surface area (Å²) in [6, 6.07) is 9.58. The largest absolute Gasteiger partial charge is 0.437 e. The van der Waals surface area contributed by atoms with Crippen LogP contribution in [0.5, 0.6) is 0 Å². The molecule has 4 rings (SSSR count). The minimum Gasteiger partial charge on any atom is -0.437 e. The van der Waals surface area contributed by atoms with Crippen LogP contribution in [0.1, 0.15) is 52.4 Å². The van der Waals surface area contributed by atoms with E-state index in [9.17, 15) is 13.2 Å². The fourth-order valence-corrected chi connectivity index (χ4v) is 4.80. The standard InChI is InChI=1S/C23H26N3O4S/c1-4-11-25-31(28,29)13-19-17(15-9-10-15)12-18-20(22(27)24-3)21(30-23(18)26-19)16-7-5-14(2)6-8-16/h5-8,12,15,25H,1,4,9-11,13H2,2-3H3,(H,24,27). The van der Waals surface area contributed by atoms with Gasteiger partial charge in [0.2, 0.25) is 15.7 Å². The van der Waals surface area contributed by atoms with E-state index in [0.29, 0.717) is 28.8 Å².